The second-order valence-electron chi connectivity index (χ2n) is 5.84. The maximum atomic E-state index is 13.1. The van der Waals surface area contributed by atoms with Gasteiger partial charge in [-0.1, -0.05) is 0 Å². The summed E-state index contributed by atoms with van der Waals surface area (Å²) < 4.78 is 25.9. The number of anilines is 1. The van der Waals surface area contributed by atoms with Gasteiger partial charge < -0.3 is 10.6 Å². The number of fused-ring (bicyclic) bond motifs is 2. The number of likely N-dealkylation sites (tertiary alicyclic amines) is 1. The molecule has 0 spiro atoms. The lowest BCUT2D eigenvalue weighted by atomic mass is 10.1. The summed E-state index contributed by atoms with van der Waals surface area (Å²) in [7, 11) is 0. The lowest BCUT2D eigenvalue weighted by molar-refractivity contribution is -0.117. The first-order chi connectivity index (χ1) is 10.1. The van der Waals surface area contributed by atoms with E-state index in [9.17, 15) is 13.6 Å². The molecule has 2 unspecified atom stereocenters. The Hall–Kier alpha value is -1.24. The van der Waals surface area contributed by atoms with Gasteiger partial charge in [0.25, 0.3) is 0 Å². The highest BCUT2D eigenvalue weighted by molar-refractivity contribution is 5.92. The van der Waals surface area contributed by atoms with Crippen LogP contribution in [0.1, 0.15) is 19.3 Å². The van der Waals surface area contributed by atoms with Crippen LogP contribution < -0.4 is 10.6 Å². The Kier molecular flexibility index (Phi) is 5.72. The van der Waals surface area contributed by atoms with Gasteiger partial charge in [-0.2, -0.15) is 0 Å². The molecule has 1 amide bonds. The molecule has 2 heterocycles. The van der Waals surface area contributed by atoms with Crippen LogP contribution in [0.25, 0.3) is 0 Å². The maximum Gasteiger partial charge on any atom is 0.238 e. The minimum absolute atomic E-state index is 0. The molecule has 0 radical (unpaired) electrons. The van der Waals surface area contributed by atoms with Crippen LogP contribution in [-0.2, 0) is 4.79 Å². The Labute approximate surface area is 134 Å². The van der Waals surface area contributed by atoms with Gasteiger partial charge in [-0.15, -0.1) is 12.4 Å². The van der Waals surface area contributed by atoms with E-state index in [1.807, 2.05) is 0 Å². The summed E-state index contributed by atoms with van der Waals surface area (Å²) in [6, 6.07) is 4.42. The van der Waals surface area contributed by atoms with E-state index in [1.165, 1.54) is 12.5 Å². The van der Waals surface area contributed by atoms with Crippen molar-refractivity contribution in [1.29, 1.82) is 0 Å². The van der Waals surface area contributed by atoms with E-state index in [2.05, 4.69) is 15.5 Å². The van der Waals surface area contributed by atoms with E-state index in [4.69, 9.17) is 0 Å². The molecule has 2 saturated heterocycles. The SMILES string of the molecule is Cl.O=C(CN1CCC2CCC(C1)N2)Nc1ccc(F)c(F)c1. The van der Waals surface area contributed by atoms with E-state index >= 15 is 0 Å². The molecule has 0 aromatic heterocycles. The normalized spacial score (nSPS) is 24.5. The van der Waals surface area contributed by atoms with E-state index < -0.39 is 11.6 Å². The zero-order chi connectivity index (χ0) is 14.8. The summed E-state index contributed by atoms with van der Waals surface area (Å²) in [5, 5.41) is 6.17. The van der Waals surface area contributed by atoms with Crippen molar-refractivity contribution in [3.8, 4) is 0 Å². The molecule has 3 rings (SSSR count). The molecule has 7 heteroatoms. The Morgan fingerprint density at radius 1 is 1.23 bits per heavy atom. The minimum atomic E-state index is -0.955. The quantitative estimate of drug-likeness (QED) is 0.892. The second kappa shape index (κ2) is 7.35. The van der Waals surface area contributed by atoms with Crippen LogP contribution in [0, 0.1) is 11.6 Å². The van der Waals surface area contributed by atoms with Crippen molar-refractivity contribution in [3.63, 3.8) is 0 Å². The minimum Gasteiger partial charge on any atom is -0.325 e. The van der Waals surface area contributed by atoms with Crippen LogP contribution in [-0.4, -0.2) is 42.5 Å². The number of carbonyl (C=O) groups excluding carboxylic acids is 1. The highest BCUT2D eigenvalue weighted by Crippen LogP contribution is 2.20. The van der Waals surface area contributed by atoms with Gasteiger partial charge >= 0.3 is 0 Å². The van der Waals surface area contributed by atoms with Crippen molar-refractivity contribution in [2.45, 2.75) is 31.3 Å². The van der Waals surface area contributed by atoms with Crippen LogP contribution in [0.3, 0.4) is 0 Å². The molecule has 0 aliphatic carbocycles. The fourth-order valence-corrected chi connectivity index (χ4v) is 3.14. The van der Waals surface area contributed by atoms with Gasteiger partial charge in [-0.05, 0) is 31.4 Å². The predicted octanol–water partition coefficient (Wildman–Crippen LogP) is 2.15. The van der Waals surface area contributed by atoms with Crippen molar-refractivity contribution in [1.82, 2.24) is 10.2 Å². The molecule has 2 atom stereocenters. The summed E-state index contributed by atoms with van der Waals surface area (Å²) in [4.78, 5) is 14.1. The van der Waals surface area contributed by atoms with E-state index in [0.717, 1.165) is 38.1 Å². The molecule has 2 bridgehead atoms. The third kappa shape index (κ3) is 4.15. The molecule has 2 N–H and O–H groups in total. The molecule has 22 heavy (non-hydrogen) atoms. The molecular weight excluding hydrogens is 312 g/mol. The summed E-state index contributed by atoms with van der Waals surface area (Å²) in [6.45, 7) is 2.03. The topological polar surface area (TPSA) is 44.4 Å². The van der Waals surface area contributed by atoms with Crippen molar-refractivity contribution < 1.29 is 13.6 Å². The average molecular weight is 332 g/mol. The third-order valence-electron chi connectivity index (χ3n) is 4.18. The van der Waals surface area contributed by atoms with E-state index in [-0.39, 0.29) is 30.5 Å². The molecule has 2 fully saturated rings. The molecule has 122 valence electrons. The average Bonchev–Trinajstić information content (AvgIpc) is 2.77. The van der Waals surface area contributed by atoms with Crippen LogP contribution >= 0.6 is 12.4 Å². The first kappa shape index (κ1) is 17.1. The van der Waals surface area contributed by atoms with Crippen molar-refractivity contribution in [3.05, 3.63) is 29.8 Å². The Bertz CT molecular complexity index is 544. The highest BCUT2D eigenvalue weighted by atomic mass is 35.5. The third-order valence-corrected chi connectivity index (χ3v) is 4.18. The summed E-state index contributed by atoms with van der Waals surface area (Å²) in [6.07, 6.45) is 3.43. The summed E-state index contributed by atoms with van der Waals surface area (Å²) >= 11 is 0. The van der Waals surface area contributed by atoms with Crippen molar-refractivity contribution in [2.24, 2.45) is 0 Å². The number of amides is 1. The van der Waals surface area contributed by atoms with Crippen LogP contribution in [0.4, 0.5) is 14.5 Å². The molecule has 2 aliphatic heterocycles. The predicted molar refractivity (Wildman–Crippen MR) is 83.2 cm³/mol. The smallest absolute Gasteiger partial charge is 0.238 e. The first-order valence-corrected chi connectivity index (χ1v) is 7.33. The molecular formula is C15H20ClF2N3O. The number of benzene rings is 1. The number of nitrogens with one attached hydrogen (secondary N) is 2. The molecule has 2 aliphatic rings. The van der Waals surface area contributed by atoms with Crippen LogP contribution in [0.5, 0.6) is 0 Å². The largest absolute Gasteiger partial charge is 0.325 e. The zero-order valence-electron chi connectivity index (χ0n) is 12.1. The van der Waals surface area contributed by atoms with Gasteiger partial charge in [0.1, 0.15) is 0 Å². The van der Waals surface area contributed by atoms with Gasteiger partial charge in [0, 0.05) is 36.9 Å². The van der Waals surface area contributed by atoms with Crippen LogP contribution in [0.15, 0.2) is 18.2 Å². The van der Waals surface area contributed by atoms with Gasteiger partial charge in [0.05, 0.1) is 6.54 Å². The summed E-state index contributed by atoms with van der Waals surface area (Å²) in [5.41, 5.74) is 0.286. The fourth-order valence-electron chi connectivity index (χ4n) is 3.14. The fraction of sp³-hybridized carbons (Fsp3) is 0.533. The molecule has 1 aromatic rings. The number of rotatable bonds is 3. The Morgan fingerprint density at radius 3 is 2.77 bits per heavy atom. The zero-order valence-corrected chi connectivity index (χ0v) is 13.0. The standard InChI is InChI=1S/C15H19F2N3O.ClH/c16-13-4-3-11(7-14(13)17)19-15(21)9-20-6-5-10-1-2-12(8-20)18-10;/h3-4,7,10,12,18H,1-2,5-6,8-9H2,(H,19,21);1H. The lowest BCUT2D eigenvalue weighted by Gasteiger charge is -2.23. The van der Waals surface area contributed by atoms with Gasteiger partial charge in [0.15, 0.2) is 11.6 Å². The first-order valence-electron chi connectivity index (χ1n) is 7.33. The summed E-state index contributed by atoms with van der Waals surface area (Å²) in [5.74, 6) is -2.06. The number of halogens is 3. The second-order valence-corrected chi connectivity index (χ2v) is 5.84. The number of hydrogen-bond acceptors (Lipinski definition) is 3. The van der Waals surface area contributed by atoms with Crippen molar-refractivity contribution in [2.75, 3.05) is 25.0 Å². The number of hydrogen-bond donors (Lipinski definition) is 2. The number of carbonyl (C=O) groups is 1. The Morgan fingerprint density at radius 2 is 2.00 bits per heavy atom. The lowest BCUT2D eigenvalue weighted by Crippen LogP contribution is -2.39. The van der Waals surface area contributed by atoms with E-state index in [1.54, 1.807) is 0 Å². The molecule has 1 aromatic carbocycles. The highest BCUT2D eigenvalue weighted by Gasteiger charge is 2.29. The maximum absolute atomic E-state index is 13.1. The van der Waals surface area contributed by atoms with Crippen molar-refractivity contribution >= 4 is 24.0 Å². The van der Waals surface area contributed by atoms with E-state index in [0.29, 0.717) is 12.1 Å². The van der Waals surface area contributed by atoms with Crippen LogP contribution in [0.2, 0.25) is 0 Å². The number of nitrogens with zero attached hydrogens (tertiary/aromatic N) is 1. The van der Waals surface area contributed by atoms with Gasteiger partial charge in [-0.3, -0.25) is 9.69 Å². The van der Waals surface area contributed by atoms with Gasteiger partial charge in [-0.25, -0.2) is 8.78 Å². The monoisotopic (exact) mass is 331 g/mol. The molecule has 4 nitrogen and oxygen atoms in total. The Balaban J connectivity index is 0.00000176. The molecule has 0 saturated carbocycles. The van der Waals surface area contributed by atoms with Gasteiger partial charge in [0.2, 0.25) is 5.91 Å².